The van der Waals surface area contributed by atoms with Crippen molar-refractivity contribution >= 4 is 33.8 Å². The summed E-state index contributed by atoms with van der Waals surface area (Å²) in [6, 6.07) is 20.5. The first-order valence-corrected chi connectivity index (χ1v) is 12.5. The molecule has 5 rings (SSSR count). The third-order valence-corrected chi connectivity index (χ3v) is 6.44. The summed E-state index contributed by atoms with van der Waals surface area (Å²) in [5.74, 6) is 2.05. The van der Waals surface area contributed by atoms with Gasteiger partial charge in [-0.25, -0.2) is 4.98 Å². The number of aromatic nitrogens is 2. The molecule has 0 bridgehead atoms. The van der Waals surface area contributed by atoms with Crippen LogP contribution in [0.25, 0.3) is 33.5 Å². The van der Waals surface area contributed by atoms with E-state index in [0.717, 1.165) is 23.1 Å². The van der Waals surface area contributed by atoms with Gasteiger partial charge in [0.05, 0.1) is 35.7 Å². The molecule has 0 aliphatic carbocycles. The van der Waals surface area contributed by atoms with Gasteiger partial charge in [0.1, 0.15) is 17.1 Å². The molecule has 0 spiro atoms. The number of ether oxygens (including phenoxy) is 2. The third kappa shape index (κ3) is 4.72. The second-order valence-electron chi connectivity index (χ2n) is 9.25. The Morgan fingerprint density at radius 1 is 1.05 bits per heavy atom. The van der Waals surface area contributed by atoms with Crippen molar-refractivity contribution in [3.05, 3.63) is 82.6 Å². The molecule has 2 aromatic heterocycles. The standard InChI is InChI=1S/C30H30N4O4/c1-6-19(2)37-27-16-21(33(3)4)15-14-20(27)18-31-34-29(32-24-11-8-7-10-22(24)30(34)35)28-17-23-25(36-5)12-9-13-26(23)38-28/h7-19H,6H2,1-5H3/t19-/m1/s1. The monoisotopic (exact) mass is 510 g/mol. The van der Waals surface area contributed by atoms with Crippen LogP contribution in [0.3, 0.4) is 0 Å². The lowest BCUT2D eigenvalue weighted by Gasteiger charge is -2.18. The van der Waals surface area contributed by atoms with E-state index in [1.54, 1.807) is 25.5 Å². The van der Waals surface area contributed by atoms with Crippen LogP contribution in [0.5, 0.6) is 11.5 Å². The quantitative estimate of drug-likeness (QED) is 0.240. The van der Waals surface area contributed by atoms with E-state index in [-0.39, 0.29) is 17.5 Å². The van der Waals surface area contributed by atoms with Crippen LogP contribution in [-0.2, 0) is 0 Å². The minimum absolute atomic E-state index is 0.0192. The predicted octanol–water partition coefficient (Wildman–Crippen LogP) is 5.94. The van der Waals surface area contributed by atoms with Crippen LogP contribution in [0.4, 0.5) is 5.69 Å². The topological polar surface area (TPSA) is 82.1 Å². The Balaban J connectivity index is 1.68. The molecule has 0 N–H and O–H groups in total. The summed E-state index contributed by atoms with van der Waals surface area (Å²) in [6.07, 6.45) is 2.50. The van der Waals surface area contributed by atoms with Gasteiger partial charge in [0.25, 0.3) is 5.56 Å². The number of furan rings is 1. The number of nitrogens with zero attached hydrogens (tertiary/aromatic N) is 4. The van der Waals surface area contributed by atoms with Crippen LogP contribution in [-0.4, -0.2) is 43.2 Å². The van der Waals surface area contributed by atoms with E-state index < -0.39 is 0 Å². The molecule has 0 saturated carbocycles. The van der Waals surface area contributed by atoms with Gasteiger partial charge in [-0.1, -0.05) is 25.1 Å². The number of benzene rings is 3. The van der Waals surface area contributed by atoms with Crippen molar-refractivity contribution in [2.45, 2.75) is 26.4 Å². The summed E-state index contributed by atoms with van der Waals surface area (Å²) in [5, 5.41) is 5.86. The van der Waals surface area contributed by atoms with Crippen molar-refractivity contribution in [2.75, 3.05) is 26.1 Å². The highest BCUT2D eigenvalue weighted by Gasteiger charge is 2.18. The van der Waals surface area contributed by atoms with Gasteiger partial charge in [-0.15, -0.1) is 0 Å². The Labute approximate surface area is 220 Å². The van der Waals surface area contributed by atoms with E-state index in [4.69, 9.17) is 18.9 Å². The van der Waals surface area contributed by atoms with Crippen LogP contribution < -0.4 is 19.9 Å². The predicted molar refractivity (Wildman–Crippen MR) is 152 cm³/mol. The molecule has 3 aromatic carbocycles. The molecule has 1 atom stereocenters. The molecule has 0 unspecified atom stereocenters. The first-order chi connectivity index (χ1) is 18.4. The summed E-state index contributed by atoms with van der Waals surface area (Å²) in [7, 11) is 5.56. The lowest BCUT2D eigenvalue weighted by molar-refractivity contribution is 0.217. The highest BCUT2D eigenvalue weighted by Crippen LogP contribution is 2.33. The van der Waals surface area contributed by atoms with Gasteiger partial charge in [0, 0.05) is 31.4 Å². The highest BCUT2D eigenvalue weighted by atomic mass is 16.5. The van der Waals surface area contributed by atoms with E-state index in [0.29, 0.717) is 33.7 Å². The molecule has 8 nitrogen and oxygen atoms in total. The molecule has 5 aromatic rings. The molecule has 2 heterocycles. The molecule has 194 valence electrons. The van der Waals surface area contributed by atoms with Crippen molar-refractivity contribution in [2.24, 2.45) is 5.10 Å². The Morgan fingerprint density at radius 2 is 1.87 bits per heavy atom. The maximum Gasteiger partial charge on any atom is 0.282 e. The Bertz CT molecular complexity index is 1700. The van der Waals surface area contributed by atoms with Crippen LogP contribution >= 0.6 is 0 Å². The number of rotatable bonds is 8. The molecule has 0 fully saturated rings. The second-order valence-corrected chi connectivity index (χ2v) is 9.25. The zero-order valence-electron chi connectivity index (χ0n) is 22.1. The Morgan fingerprint density at radius 3 is 2.63 bits per heavy atom. The molecule has 38 heavy (non-hydrogen) atoms. The van der Waals surface area contributed by atoms with E-state index in [2.05, 4.69) is 12.0 Å². The fourth-order valence-electron chi connectivity index (χ4n) is 4.14. The summed E-state index contributed by atoms with van der Waals surface area (Å²) in [5.41, 5.74) is 2.63. The molecule has 0 aliphatic rings. The number of methoxy groups -OCH3 is 1. The van der Waals surface area contributed by atoms with Crippen molar-refractivity contribution in [3.63, 3.8) is 0 Å². The van der Waals surface area contributed by atoms with Crippen molar-refractivity contribution < 1.29 is 13.9 Å². The zero-order valence-corrected chi connectivity index (χ0v) is 22.1. The molecular formula is C30H30N4O4. The largest absolute Gasteiger partial charge is 0.496 e. The van der Waals surface area contributed by atoms with E-state index in [9.17, 15) is 4.79 Å². The van der Waals surface area contributed by atoms with Crippen LogP contribution in [0.15, 0.2) is 81.0 Å². The SMILES string of the molecule is CC[C@@H](C)Oc1cc(N(C)C)ccc1C=Nn1c(-c2cc3c(OC)cccc3o2)nc2ccccc2c1=O. The number of hydrogen-bond donors (Lipinski definition) is 0. The Hall–Kier alpha value is -4.59. The Kier molecular flexibility index (Phi) is 6.87. The summed E-state index contributed by atoms with van der Waals surface area (Å²) < 4.78 is 19.1. The highest BCUT2D eigenvalue weighted by molar-refractivity contribution is 5.89. The number of anilines is 1. The lowest BCUT2D eigenvalue weighted by Crippen LogP contribution is -2.20. The number of para-hydroxylation sites is 1. The molecule has 0 saturated heterocycles. The lowest BCUT2D eigenvalue weighted by atomic mass is 10.2. The van der Waals surface area contributed by atoms with E-state index >= 15 is 0 Å². The average Bonchev–Trinajstić information content (AvgIpc) is 3.37. The second kappa shape index (κ2) is 10.4. The van der Waals surface area contributed by atoms with Gasteiger partial charge in [-0.3, -0.25) is 4.79 Å². The molecule has 0 aliphatic heterocycles. The smallest absolute Gasteiger partial charge is 0.282 e. The maximum absolute atomic E-state index is 13.6. The molecule has 0 amide bonds. The van der Waals surface area contributed by atoms with Crippen LogP contribution in [0.1, 0.15) is 25.8 Å². The maximum atomic E-state index is 13.6. The van der Waals surface area contributed by atoms with Gasteiger partial charge in [0.15, 0.2) is 5.76 Å². The van der Waals surface area contributed by atoms with Crippen molar-refractivity contribution in [1.82, 2.24) is 9.66 Å². The van der Waals surface area contributed by atoms with Gasteiger partial charge in [-0.05, 0) is 55.8 Å². The van der Waals surface area contributed by atoms with Gasteiger partial charge >= 0.3 is 0 Å². The summed E-state index contributed by atoms with van der Waals surface area (Å²) in [6.45, 7) is 4.10. The first kappa shape index (κ1) is 25.1. The van der Waals surface area contributed by atoms with E-state index in [1.165, 1.54) is 4.68 Å². The number of hydrogen-bond acceptors (Lipinski definition) is 7. The third-order valence-electron chi connectivity index (χ3n) is 6.44. The average molecular weight is 511 g/mol. The summed E-state index contributed by atoms with van der Waals surface area (Å²) in [4.78, 5) is 20.4. The van der Waals surface area contributed by atoms with Crippen LogP contribution in [0.2, 0.25) is 0 Å². The molecular weight excluding hydrogens is 480 g/mol. The molecule has 0 radical (unpaired) electrons. The number of fused-ring (bicyclic) bond motifs is 2. The van der Waals surface area contributed by atoms with Crippen LogP contribution in [0, 0.1) is 0 Å². The van der Waals surface area contributed by atoms with Gasteiger partial charge in [-0.2, -0.15) is 9.78 Å². The normalized spacial score (nSPS) is 12.3. The zero-order chi connectivity index (χ0) is 26.8. The van der Waals surface area contributed by atoms with Crippen molar-refractivity contribution in [1.29, 1.82) is 0 Å². The minimum atomic E-state index is -0.302. The van der Waals surface area contributed by atoms with E-state index in [1.807, 2.05) is 80.5 Å². The van der Waals surface area contributed by atoms with Gasteiger partial charge < -0.3 is 18.8 Å². The van der Waals surface area contributed by atoms with Gasteiger partial charge in [0.2, 0.25) is 5.82 Å². The van der Waals surface area contributed by atoms with Crippen molar-refractivity contribution in [3.8, 4) is 23.1 Å². The first-order valence-electron chi connectivity index (χ1n) is 12.5. The fraction of sp³-hybridized carbons (Fsp3) is 0.233. The fourth-order valence-corrected chi connectivity index (χ4v) is 4.14. The summed E-state index contributed by atoms with van der Waals surface area (Å²) >= 11 is 0. The molecule has 8 heteroatoms. The minimum Gasteiger partial charge on any atom is -0.496 e.